The van der Waals surface area contributed by atoms with Crippen molar-refractivity contribution in [1.29, 1.82) is 0 Å². The maximum atomic E-state index is 9.00. The van der Waals surface area contributed by atoms with Crippen molar-refractivity contribution in [2.24, 2.45) is 0 Å². The van der Waals surface area contributed by atoms with E-state index < -0.39 is 12.4 Å². The molecule has 0 radical (unpaired) electrons. The van der Waals surface area contributed by atoms with E-state index in [2.05, 4.69) is 0 Å². The minimum absolute atomic E-state index is 0.00295. The Hall–Kier alpha value is -0.200. The van der Waals surface area contributed by atoms with Gasteiger partial charge in [-0.2, -0.15) is 0 Å². The first-order valence-corrected chi connectivity index (χ1v) is 3.90. The van der Waals surface area contributed by atoms with Gasteiger partial charge < -0.3 is 25.2 Å². The molecule has 2 atom stereocenters. The van der Waals surface area contributed by atoms with Crippen molar-refractivity contribution < 1.29 is 25.2 Å². The van der Waals surface area contributed by atoms with E-state index in [-0.39, 0.29) is 19.8 Å². The number of hydrogen-bond donors (Lipinski definition) is 4. The van der Waals surface area contributed by atoms with Gasteiger partial charge in [0.05, 0.1) is 13.2 Å². The van der Waals surface area contributed by atoms with E-state index in [1.165, 1.54) is 0 Å². The fraction of sp³-hybridized carbons (Fsp3) is 1.00. The molecule has 0 saturated carbocycles. The van der Waals surface area contributed by atoms with Gasteiger partial charge in [-0.25, -0.2) is 0 Å². The molecular formula is C7H16O5. The minimum atomic E-state index is -0.974. The largest absolute Gasteiger partial charge is 0.396 e. The van der Waals surface area contributed by atoms with Crippen LogP contribution >= 0.6 is 0 Å². The van der Waals surface area contributed by atoms with Crippen LogP contribution in [0.1, 0.15) is 12.8 Å². The maximum absolute atomic E-state index is 9.00. The van der Waals surface area contributed by atoms with Gasteiger partial charge in [0, 0.05) is 13.0 Å². The van der Waals surface area contributed by atoms with E-state index in [9.17, 15) is 0 Å². The lowest BCUT2D eigenvalue weighted by Crippen LogP contribution is -2.24. The van der Waals surface area contributed by atoms with Crippen molar-refractivity contribution >= 4 is 0 Å². The molecule has 0 aromatic heterocycles. The van der Waals surface area contributed by atoms with Gasteiger partial charge in [-0.05, 0) is 6.42 Å². The van der Waals surface area contributed by atoms with E-state index >= 15 is 0 Å². The number of ether oxygens (including phenoxy) is 1. The molecule has 12 heavy (non-hydrogen) atoms. The first-order chi connectivity index (χ1) is 5.70. The highest BCUT2D eigenvalue weighted by Crippen LogP contribution is 1.98. The summed E-state index contributed by atoms with van der Waals surface area (Å²) in [7, 11) is 0. The fourth-order valence-electron chi connectivity index (χ4n) is 0.624. The van der Waals surface area contributed by atoms with Gasteiger partial charge in [-0.1, -0.05) is 0 Å². The summed E-state index contributed by atoms with van der Waals surface area (Å²) in [6.07, 6.45) is -1.14. The highest BCUT2D eigenvalue weighted by atomic mass is 16.6. The monoisotopic (exact) mass is 180 g/mol. The van der Waals surface area contributed by atoms with Crippen molar-refractivity contribution in [2.45, 2.75) is 25.2 Å². The lowest BCUT2D eigenvalue weighted by molar-refractivity contribution is -0.131. The standard InChI is InChI=1S/C7H16O5/c8-3-1-2-7(11)12-5-6(10)4-9/h6-11H,1-5H2. The Morgan fingerprint density at radius 1 is 1.17 bits per heavy atom. The van der Waals surface area contributed by atoms with Gasteiger partial charge in [0.2, 0.25) is 0 Å². The van der Waals surface area contributed by atoms with E-state index in [1.54, 1.807) is 0 Å². The summed E-state index contributed by atoms with van der Waals surface area (Å²) in [6, 6.07) is 0. The predicted molar refractivity (Wildman–Crippen MR) is 41.4 cm³/mol. The molecule has 0 aliphatic rings. The van der Waals surface area contributed by atoms with Crippen LogP contribution in [-0.4, -0.2) is 52.6 Å². The summed E-state index contributed by atoms with van der Waals surface area (Å²) in [5, 5.41) is 34.6. The third-order valence-corrected chi connectivity index (χ3v) is 1.30. The van der Waals surface area contributed by atoms with Crippen LogP contribution in [0.4, 0.5) is 0 Å². The minimum Gasteiger partial charge on any atom is -0.396 e. The lowest BCUT2D eigenvalue weighted by Gasteiger charge is -2.13. The average Bonchev–Trinajstić information content (AvgIpc) is 2.10. The Morgan fingerprint density at radius 2 is 1.83 bits per heavy atom. The lowest BCUT2D eigenvalue weighted by atomic mass is 10.3. The molecule has 5 heteroatoms. The molecule has 0 bridgehead atoms. The van der Waals surface area contributed by atoms with E-state index in [0.29, 0.717) is 12.8 Å². The number of rotatable bonds is 7. The molecule has 0 rings (SSSR count). The Balaban J connectivity index is 3.24. The van der Waals surface area contributed by atoms with E-state index in [4.69, 9.17) is 25.2 Å². The summed E-state index contributed by atoms with van der Waals surface area (Å²) in [5.41, 5.74) is 0. The van der Waals surface area contributed by atoms with Crippen molar-refractivity contribution in [3.05, 3.63) is 0 Å². The van der Waals surface area contributed by atoms with Gasteiger partial charge >= 0.3 is 0 Å². The normalized spacial score (nSPS) is 16.0. The van der Waals surface area contributed by atoms with Crippen LogP contribution in [0.25, 0.3) is 0 Å². The predicted octanol–water partition coefficient (Wildman–Crippen LogP) is -1.55. The third-order valence-electron chi connectivity index (χ3n) is 1.30. The molecule has 2 unspecified atom stereocenters. The third kappa shape index (κ3) is 6.51. The number of aliphatic hydroxyl groups is 4. The number of aliphatic hydroxyl groups excluding tert-OH is 4. The van der Waals surface area contributed by atoms with Crippen LogP contribution in [0.2, 0.25) is 0 Å². The topological polar surface area (TPSA) is 90.2 Å². The van der Waals surface area contributed by atoms with Gasteiger partial charge in [0.25, 0.3) is 0 Å². The van der Waals surface area contributed by atoms with Crippen LogP contribution in [0, 0.1) is 0 Å². The molecule has 0 saturated heterocycles. The first kappa shape index (κ1) is 11.8. The molecule has 5 nitrogen and oxygen atoms in total. The first-order valence-electron chi connectivity index (χ1n) is 3.90. The second kappa shape index (κ2) is 7.45. The molecule has 0 aromatic rings. The Kier molecular flexibility index (Phi) is 7.33. The van der Waals surface area contributed by atoms with Gasteiger partial charge in [-0.3, -0.25) is 0 Å². The molecule has 0 aliphatic heterocycles. The molecule has 0 aromatic carbocycles. The zero-order valence-corrected chi connectivity index (χ0v) is 6.89. The van der Waals surface area contributed by atoms with Crippen LogP contribution in [0.3, 0.4) is 0 Å². The smallest absolute Gasteiger partial charge is 0.154 e. The Labute approximate surface area is 71.2 Å². The van der Waals surface area contributed by atoms with Crippen LogP contribution in [0.5, 0.6) is 0 Å². The summed E-state index contributed by atoms with van der Waals surface area (Å²) in [4.78, 5) is 0. The summed E-state index contributed by atoms with van der Waals surface area (Å²) in [6.45, 7) is -0.473. The average molecular weight is 180 g/mol. The zero-order valence-electron chi connectivity index (χ0n) is 6.89. The maximum Gasteiger partial charge on any atom is 0.154 e. The molecule has 4 N–H and O–H groups in total. The molecule has 0 aliphatic carbocycles. The SMILES string of the molecule is OCCCC(O)OCC(O)CO. The van der Waals surface area contributed by atoms with Gasteiger partial charge in [0.15, 0.2) is 6.29 Å². The second-order valence-electron chi connectivity index (χ2n) is 2.49. The summed E-state index contributed by atoms with van der Waals surface area (Å²) in [5.74, 6) is 0. The molecule has 0 amide bonds. The Morgan fingerprint density at radius 3 is 2.33 bits per heavy atom. The van der Waals surface area contributed by atoms with Gasteiger partial charge in [0.1, 0.15) is 6.10 Å². The van der Waals surface area contributed by atoms with E-state index in [0.717, 1.165) is 0 Å². The zero-order chi connectivity index (χ0) is 9.40. The van der Waals surface area contributed by atoms with Crippen LogP contribution in [-0.2, 0) is 4.74 Å². The quantitative estimate of drug-likeness (QED) is 0.356. The van der Waals surface area contributed by atoms with Crippen molar-refractivity contribution in [3.8, 4) is 0 Å². The summed E-state index contributed by atoms with van der Waals surface area (Å²) >= 11 is 0. The highest BCUT2D eigenvalue weighted by Gasteiger charge is 2.07. The van der Waals surface area contributed by atoms with Crippen molar-refractivity contribution in [2.75, 3.05) is 19.8 Å². The van der Waals surface area contributed by atoms with Crippen LogP contribution < -0.4 is 0 Å². The van der Waals surface area contributed by atoms with Crippen molar-refractivity contribution in [1.82, 2.24) is 0 Å². The number of hydrogen-bond acceptors (Lipinski definition) is 5. The van der Waals surface area contributed by atoms with Gasteiger partial charge in [-0.15, -0.1) is 0 Å². The Bertz CT molecular complexity index is 97.8. The molecule has 0 heterocycles. The molecule has 74 valence electrons. The highest BCUT2D eigenvalue weighted by molar-refractivity contribution is 4.50. The van der Waals surface area contributed by atoms with Crippen molar-refractivity contribution in [3.63, 3.8) is 0 Å². The van der Waals surface area contributed by atoms with Crippen LogP contribution in [0.15, 0.2) is 0 Å². The molecular weight excluding hydrogens is 164 g/mol. The van der Waals surface area contributed by atoms with E-state index in [1.807, 2.05) is 0 Å². The second-order valence-corrected chi connectivity index (χ2v) is 2.49. The molecule has 0 fully saturated rings. The molecule has 0 spiro atoms. The fourth-order valence-corrected chi connectivity index (χ4v) is 0.624. The summed E-state index contributed by atoms with van der Waals surface area (Å²) < 4.78 is 4.73.